The van der Waals surface area contributed by atoms with Crippen molar-refractivity contribution in [3.05, 3.63) is 40.6 Å². The minimum atomic E-state index is 0.0113. The van der Waals surface area contributed by atoms with Crippen LogP contribution in [0, 0.1) is 0 Å². The van der Waals surface area contributed by atoms with E-state index in [-0.39, 0.29) is 6.61 Å². The van der Waals surface area contributed by atoms with E-state index < -0.39 is 0 Å². The summed E-state index contributed by atoms with van der Waals surface area (Å²) in [5.74, 6) is 0.738. The average Bonchev–Trinajstić information content (AvgIpc) is 2.85. The molecule has 74 valence electrons. The molecule has 0 saturated carbocycles. The van der Waals surface area contributed by atoms with Gasteiger partial charge in [0.1, 0.15) is 12.4 Å². The Morgan fingerprint density at radius 1 is 1.50 bits per heavy atom. The summed E-state index contributed by atoms with van der Waals surface area (Å²) in [6.07, 6.45) is 4.63. The van der Waals surface area contributed by atoms with Crippen molar-refractivity contribution < 1.29 is 5.11 Å². The zero-order chi connectivity index (χ0) is 9.80. The van der Waals surface area contributed by atoms with Crippen LogP contribution < -0.4 is 0 Å². The van der Waals surface area contributed by atoms with Crippen molar-refractivity contribution >= 4 is 11.3 Å². The van der Waals surface area contributed by atoms with E-state index >= 15 is 0 Å². The zero-order valence-electron chi connectivity index (χ0n) is 7.76. The standard InChI is InChI=1S/C10H12N2OS/c13-8-10-11-4-6-12(10)5-3-9-2-1-7-14-9/h1-2,4,6-7,13H,3,5,8H2. The number of rotatable bonds is 4. The van der Waals surface area contributed by atoms with Crippen molar-refractivity contribution in [2.45, 2.75) is 19.6 Å². The Kier molecular flexibility index (Phi) is 2.96. The van der Waals surface area contributed by atoms with E-state index in [1.54, 1.807) is 17.5 Å². The third-order valence-corrected chi connectivity index (χ3v) is 3.06. The van der Waals surface area contributed by atoms with Crippen LogP contribution in [-0.2, 0) is 19.6 Å². The van der Waals surface area contributed by atoms with Crippen LogP contribution in [0.3, 0.4) is 0 Å². The number of aliphatic hydroxyl groups is 1. The van der Waals surface area contributed by atoms with Crippen LogP contribution in [0.5, 0.6) is 0 Å². The largest absolute Gasteiger partial charge is 0.388 e. The number of thiophene rings is 1. The molecule has 0 atom stereocenters. The van der Waals surface area contributed by atoms with Gasteiger partial charge in [-0.25, -0.2) is 4.98 Å². The Morgan fingerprint density at radius 2 is 2.43 bits per heavy atom. The molecule has 2 aromatic heterocycles. The molecule has 0 unspecified atom stereocenters. The van der Waals surface area contributed by atoms with Crippen LogP contribution in [0.1, 0.15) is 10.7 Å². The lowest BCUT2D eigenvalue weighted by atomic mass is 10.3. The van der Waals surface area contributed by atoms with Crippen LogP contribution >= 0.6 is 11.3 Å². The highest BCUT2D eigenvalue weighted by molar-refractivity contribution is 7.09. The molecule has 2 heterocycles. The van der Waals surface area contributed by atoms with Crippen molar-refractivity contribution in [1.29, 1.82) is 0 Å². The summed E-state index contributed by atoms with van der Waals surface area (Å²) in [4.78, 5) is 5.41. The number of imidazole rings is 1. The normalized spacial score (nSPS) is 10.6. The van der Waals surface area contributed by atoms with Gasteiger partial charge in [-0.3, -0.25) is 0 Å². The number of aryl methyl sites for hydroxylation is 2. The van der Waals surface area contributed by atoms with Crippen LogP contribution in [-0.4, -0.2) is 14.7 Å². The van der Waals surface area contributed by atoms with Gasteiger partial charge in [0, 0.05) is 23.8 Å². The Balaban J connectivity index is 1.98. The van der Waals surface area contributed by atoms with Crippen LogP contribution in [0.4, 0.5) is 0 Å². The Labute approximate surface area is 86.7 Å². The molecule has 2 aromatic rings. The van der Waals surface area contributed by atoms with E-state index in [0.717, 1.165) is 18.8 Å². The van der Waals surface area contributed by atoms with Gasteiger partial charge in [0.05, 0.1) is 0 Å². The van der Waals surface area contributed by atoms with Crippen molar-refractivity contribution in [3.63, 3.8) is 0 Å². The fourth-order valence-corrected chi connectivity index (χ4v) is 2.08. The molecule has 0 spiro atoms. The van der Waals surface area contributed by atoms with Gasteiger partial charge in [-0.1, -0.05) is 6.07 Å². The van der Waals surface area contributed by atoms with E-state index in [1.807, 2.05) is 10.8 Å². The van der Waals surface area contributed by atoms with E-state index in [4.69, 9.17) is 5.11 Å². The summed E-state index contributed by atoms with van der Waals surface area (Å²) in [6.45, 7) is 0.897. The number of aliphatic hydroxyl groups excluding tert-OH is 1. The van der Waals surface area contributed by atoms with E-state index in [0.29, 0.717) is 0 Å². The molecule has 0 radical (unpaired) electrons. The molecule has 1 N–H and O–H groups in total. The molecule has 3 nitrogen and oxygen atoms in total. The quantitative estimate of drug-likeness (QED) is 0.830. The van der Waals surface area contributed by atoms with Gasteiger partial charge in [0.15, 0.2) is 0 Å². The van der Waals surface area contributed by atoms with Gasteiger partial charge in [-0.2, -0.15) is 0 Å². The maximum absolute atomic E-state index is 8.98. The number of aromatic nitrogens is 2. The van der Waals surface area contributed by atoms with Gasteiger partial charge in [0.25, 0.3) is 0 Å². The Hall–Kier alpha value is -1.13. The van der Waals surface area contributed by atoms with Crippen molar-refractivity contribution in [2.24, 2.45) is 0 Å². The molecule has 0 aliphatic carbocycles. The predicted octanol–water partition coefficient (Wildman–Crippen LogP) is 1.68. The smallest absolute Gasteiger partial charge is 0.134 e. The number of nitrogens with zero attached hydrogens (tertiary/aromatic N) is 2. The van der Waals surface area contributed by atoms with E-state index in [1.165, 1.54) is 4.88 Å². The van der Waals surface area contributed by atoms with Crippen molar-refractivity contribution in [3.8, 4) is 0 Å². The molecule has 0 aromatic carbocycles. The molecular weight excluding hydrogens is 196 g/mol. The van der Waals surface area contributed by atoms with Gasteiger partial charge in [-0.05, 0) is 17.9 Å². The molecular formula is C10H12N2OS. The molecule has 0 aliphatic heterocycles. The summed E-state index contributed by atoms with van der Waals surface area (Å²) >= 11 is 1.76. The average molecular weight is 208 g/mol. The summed E-state index contributed by atoms with van der Waals surface area (Å²) in [5, 5.41) is 11.1. The van der Waals surface area contributed by atoms with E-state index in [2.05, 4.69) is 22.5 Å². The summed E-state index contributed by atoms with van der Waals surface area (Å²) < 4.78 is 1.99. The molecule has 0 bridgehead atoms. The second-order valence-electron chi connectivity index (χ2n) is 3.02. The third-order valence-electron chi connectivity index (χ3n) is 2.12. The first-order valence-electron chi connectivity index (χ1n) is 4.53. The van der Waals surface area contributed by atoms with Crippen LogP contribution in [0.15, 0.2) is 29.9 Å². The summed E-state index contributed by atoms with van der Waals surface area (Å²) in [6, 6.07) is 4.18. The third kappa shape index (κ3) is 2.02. The number of hydrogen-bond acceptors (Lipinski definition) is 3. The molecule has 2 rings (SSSR count). The molecule has 0 aliphatic rings. The zero-order valence-corrected chi connectivity index (χ0v) is 8.57. The van der Waals surface area contributed by atoms with Gasteiger partial charge in [0.2, 0.25) is 0 Å². The minimum absolute atomic E-state index is 0.0113. The van der Waals surface area contributed by atoms with Crippen LogP contribution in [0.25, 0.3) is 0 Å². The molecule has 0 fully saturated rings. The lowest BCUT2D eigenvalue weighted by molar-refractivity contribution is 0.265. The highest BCUT2D eigenvalue weighted by Crippen LogP contribution is 2.10. The minimum Gasteiger partial charge on any atom is -0.388 e. The first kappa shape index (κ1) is 9.43. The van der Waals surface area contributed by atoms with Crippen LogP contribution in [0.2, 0.25) is 0 Å². The lowest BCUT2D eigenvalue weighted by Crippen LogP contribution is -2.04. The van der Waals surface area contributed by atoms with Gasteiger partial charge in [-0.15, -0.1) is 11.3 Å². The summed E-state index contributed by atoms with van der Waals surface area (Å²) in [7, 11) is 0. The Morgan fingerprint density at radius 3 is 3.14 bits per heavy atom. The predicted molar refractivity (Wildman–Crippen MR) is 56.2 cm³/mol. The van der Waals surface area contributed by atoms with Crippen molar-refractivity contribution in [2.75, 3.05) is 0 Å². The number of hydrogen-bond donors (Lipinski definition) is 1. The topological polar surface area (TPSA) is 38.1 Å². The first-order valence-corrected chi connectivity index (χ1v) is 5.41. The fraction of sp³-hybridized carbons (Fsp3) is 0.300. The second kappa shape index (κ2) is 4.39. The summed E-state index contributed by atoms with van der Waals surface area (Å²) in [5.41, 5.74) is 0. The molecule has 14 heavy (non-hydrogen) atoms. The maximum Gasteiger partial charge on any atom is 0.134 e. The highest BCUT2D eigenvalue weighted by atomic mass is 32.1. The fourth-order valence-electron chi connectivity index (χ4n) is 1.38. The maximum atomic E-state index is 8.98. The van der Waals surface area contributed by atoms with Gasteiger partial charge < -0.3 is 9.67 Å². The molecule has 0 saturated heterocycles. The van der Waals surface area contributed by atoms with Crippen molar-refractivity contribution in [1.82, 2.24) is 9.55 Å². The monoisotopic (exact) mass is 208 g/mol. The van der Waals surface area contributed by atoms with Gasteiger partial charge >= 0.3 is 0 Å². The second-order valence-corrected chi connectivity index (χ2v) is 4.06. The molecule has 0 amide bonds. The molecule has 4 heteroatoms. The highest BCUT2D eigenvalue weighted by Gasteiger charge is 2.01. The first-order chi connectivity index (χ1) is 6.90. The Bertz CT molecular complexity index is 380. The van der Waals surface area contributed by atoms with E-state index in [9.17, 15) is 0 Å². The lowest BCUT2D eigenvalue weighted by Gasteiger charge is -2.03. The SMILES string of the molecule is OCc1nccn1CCc1cccs1.